The van der Waals surface area contributed by atoms with Gasteiger partial charge in [-0.15, -0.1) is 0 Å². The Morgan fingerprint density at radius 3 is 2.85 bits per heavy atom. The van der Waals surface area contributed by atoms with Gasteiger partial charge in [0, 0.05) is 25.4 Å². The number of aromatic nitrogens is 1. The van der Waals surface area contributed by atoms with Gasteiger partial charge in [-0.2, -0.15) is 0 Å². The predicted molar refractivity (Wildman–Crippen MR) is 136 cm³/mol. The zero-order valence-corrected chi connectivity index (χ0v) is 21.3. The standard InChI is InChI=1S/C29H43N3O2/c1-19-10-13-29(18-34-3)20(15-19)6-7-21-22-8-9-24(28(22,2)12-11-23(21)29)27(33)17-32-25-5-4-14-31-26(25)16-30/h4-5,14,16,19-24,30,32H,6-13,15,17-18H2,1-3H3. The first-order valence-corrected chi connectivity index (χ1v) is 13.6. The van der Waals surface area contributed by atoms with E-state index in [1.165, 1.54) is 57.6 Å². The van der Waals surface area contributed by atoms with Gasteiger partial charge in [0.25, 0.3) is 0 Å². The summed E-state index contributed by atoms with van der Waals surface area (Å²) in [5.74, 6) is 4.37. The largest absolute Gasteiger partial charge is 0.384 e. The highest BCUT2D eigenvalue weighted by Crippen LogP contribution is 2.68. The molecule has 0 saturated heterocycles. The molecule has 4 aliphatic rings. The highest BCUT2D eigenvalue weighted by Gasteiger charge is 2.62. The maximum absolute atomic E-state index is 13.5. The molecule has 1 aromatic heterocycles. The molecule has 4 fully saturated rings. The summed E-state index contributed by atoms with van der Waals surface area (Å²) in [6, 6.07) is 3.76. The van der Waals surface area contributed by atoms with E-state index in [1.807, 2.05) is 19.2 Å². The Hall–Kier alpha value is -1.75. The molecule has 0 spiro atoms. The second kappa shape index (κ2) is 9.37. The van der Waals surface area contributed by atoms with E-state index in [1.54, 1.807) is 6.20 Å². The second-order valence-corrected chi connectivity index (χ2v) is 12.3. The van der Waals surface area contributed by atoms with Crippen LogP contribution in [0.5, 0.6) is 0 Å². The lowest BCUT2D eigenvalue weighted by Gasteiger charge is -2.62. The van der Waals surface area contributed by atoms with Crippen molar-refractivity contribution in [1.29, 1.82) is 5.41 Å². The molecule has 4 saturated carbocycles. The fourth-order valence-corrected chi connectivity index (χ4v) is 9.33. The summed E-state index contributed by atoms with van der Waals surface area (Å²) in [5.41, 5.74) is 1.87. The molecule has 8 unspecified atom stereocenters. The minimum atomic E-state index is 0.127. The van der Waals surface area contributed by atoms with Crippen LogP contribution < -0.4 is 5.32 Å². The number of carbonyl (C=O) groups is 1. The Morgan fingerprint density at radius 2 is 2.06 bits per heavy atom. The van der Waals surface area contributed by atoms with Gasteiger partial charge < -0.3 is 15.5 Å². The number of Topliss-reactive ketones (excluding diaryl/α,β-unsaturated/α-hetero) is 1. The number of fused-ring (bicyclic) bond motifs is 5. The maximum Gasteiger partial charge on any atom is 0.155 e. The van der Waals surface area contributed by atoms with Crippen LogP contribution in [0.25, 0.3) is 0 Å². The minimum Gasteiger partial charge on any atom is -0.384 e. The molecule has 34 heavy (non-hydrogen) atoms. The van der Waals surface area contributed by atoms with Crippen LogP contribution in [0.3, 0.4) is 0 Å². The van der Waals surface area contributed by atoms with Crippen LogP contribution in [-0.2, 0) is 9.53 Å². The number of pyridine rings is 1. The fourth-order valence-electron chi connectivity index (χ4n) is 9.33. The predicted octanol–water partition coefficient (Wildman–Crippen LogP) is 5.98. The molecule has 0 aliphatic heterocycles. The van der Waals surface area contributed by atoms with Crippen molar-refractivity contribution in [3.8, 4) is 0 Å². The summed E-state index contributed by atoms with van der Waals surface area (Å²) < 4.78 is 5.93. The molecular formula is C29H43N3O2. The van der Waals surface area contributed by atoms with Crippen LogP contribution in [-0.4, -0.2) is 37.2 Å². The number of rotatable bonds is 7. The lowest BCUT2D eigenvalue weighted by molar-refractivity contribution is -0.154. The quantitative estimate of drug-likeness (QED) is 0.486. The highest BCUT2D eigenvalue weighted by molar-refractivity contribution is 5.88. The molecule has 186 valence electrons. The number of nitrogens with zero attached hydrogens (tertiary/aromatic N) is 1. The Morgan fingerprint density at radius 1 is 1.21 bits per heavy atom. The van der Waals surface area contributed by atoms with Crippen LogP contribution in [0, 0.1) is 51.7 Å². The maximum atomic E-state index is 13.5. The SMILES string of the molecule is COCC12CCC(C)CC1CCC1C3CCC(C(=O)CNc4cccnc4C=N)C3(C)CCC12. The molecule has 2 N–H and O–H groups in total. The average molecular weight is 466 g/mol. The lowest BCUT2D eigenvalue weighted by Crippen LogP contribution is -2.56. The molecule has 4 aliphatic carbocycles. The van der Waals surface area contributed by atoms with Gasteiger partial charge in [-0.3, -0.25) is 9.78 Å². The van der Waals surface area contributed by atoms with Crippen molar-refractivity contribution in [3.05, 3.63) is 24.0 Å². The third-order valence-electron chi connectivity index (χ3n) is 10.9. The van der Waals surface area contributed by atoms with E-state index in [9.17, 15) is 4.79 Å². The van der Waals surface area contributed by atoms with E-state index in [-0.39, 0.29) is 11.3 Å². The molecule has 5 rings (SSSR count). The second-order valence-electron chi connectivity index (χ2n) is 12.3. The third-order valence-corrected chi connectivity index (χ3v) is 10.9. The van der Waals surface area contributed by atoms with Crippen molar-refractivity contribution in [2.75, 3.05) is 25.6 Å². The van der Waals surface area contributed by atoms with Crippen LogP contribution in [0.4, 0.5) is 5.69 Å². The Balaban J connectivity index is 1.32. The van der Waals surface area contributed by atoms with E-state index in [0.717, 1.165) is 42.4 Å². The summed E-state index contributed by atoms with van der Waals surface area (Å²) in [6.45, 7) is 6.15. The van der Waals surface area contributed by atoms with Crippen molar-refractivity contribution in [1.82, 2.24) is 4.98 Å². The molecule has 0 radical (unpaired) electrons. The van der Waals surface area contributed by atoms with Crippen molar-refractivity contribution >= 4 is 17.7 Å². The molecule has 0 amide bonds. The molecule has 5 nitrogen and oxygen atoms in total. The molecule has 1 aromatic rings. The van der Waals surface area contributed by atoms with Crippen LogP contribution in [0.2, 0.25) is 0 Å². The van der Waals surface area contributed by atoms with E-state index in [4.69, 9.17) is 10.1 Å². The number of ether oxygens (including phenoxy) is 1. The topological polar surface area (TPSA) is 75.1 Å². The van der Waals surface area contributed by atoms with Crippen molar-refractivity contribution in [2.45, 2.75) is 71.6 Å². The van der Waals surface area contributed by atoms with E-state index in [2.05, 4.69) is 24.1 Å². The molecule has 1 heterocycles. The van der Waals surface area contributed by atoms with E-state index >= 15 is 0 Å². The number of methoxy groups -OCH3 is 1. The first-order valence-electron chi connectivity index (χ1n) is 13.6. The first-order chi connectivity index (χ1) is 16.4. The first kappa shape index (κ1) is 24.0. The number of carbonyl (C=O) groups excluding carboxylic acids is 1. The van der Waals surface area contributed by atoms with Crippen molar-refractivity contribution in [3.63, 3.8) is 0 Å². The van der Waals surface area contributed by atoms with Crippen LogP contribution in [0.1, 0.15) is 77.3 Å². The lowest BCUT2D eigenvalue weighted by atomic mass is 9.44. The summed E-state index contributed by atoms with van der Waals surface area (Å²) in [7, 11) is 1.91. The highest BCUT2D eigenvalue weighted by atomic mass is 16.5. The summed E-state index contributed by atoms with van der Waals surface area (Å²) >= 11 is 0. The van der Waals surface area contributed by atoms with Gasteiger partial charge in [0.2, 0.25) is 0 Å². The Labute approximate surface area is 205 Å². The summed E-state index contributed by atoms with van der Waals surface area (Å²) in [4.78, 5) is 17.7. The van der Waals surface area contributed by atoms with E-state index < -0.39 is 0 Å². The fraction of sp³-hybridized carbons (Fsp3) is 0.759. The van der Waals surface area contributed by atoms with Gasteiger partial charge >= 0.3 is 0 Å². The average Bonchev–Trinajstić information content (AvgIpc) is 3.20. The van der Waals surface area contributed by atoms with Gasteiger partial charge in [-0.25, -0.2) is 0 Å². The van der Waals surface area contributed by atoms with Crippen molar-refractivity contribution < 1.29 is 9.53 Å². The monoisotopic (exact) mass is 465 g/mol. The molecular weight excluding hydrogens is 422 g/mol. The van der Waals surface area contributed by atoms with Gasteiger partial charge in [-0.05, 0) is 104 Å². The number of hydrogen-bond donors (Lipinski definition) is 2. The third kappa shape index (κ3) is 3.83. The summed E-state index contributed by atoms with van der Waals surface area (Å²) in [5, 5.41) is 10.9. The minimum absolute atomic E-state index is 0.127. The zero-order valence-electron chi connectivity index (χ0n) is 21.3. The van der Waals surface area contributed by atoms with Crippen LogP contribution in [0.15, 0.2) is 18.3 Å². The molecule has 0 aromatic carbocycles. The van der Waals surface area contributed by atoms with Crippen molar-refractivity contribution in [2.24, 2.45) is 46.3 Å². The number of anilines is 1. The van der Waals surface area contributed by atoms with Crippen LogP contribution >= 0.6 is 0 Å². The Kier molecular flexibility index (Phi) is 6.60. The molecule has 8 atom stereocenters. The van der Waals surface area contributed by atoms with Gasteiger partial charge in [0.05, 0.1) is 18.8 Å². The van der Waals surface area contributed by atoms with E-state index in [0.29, 0.717) is 29.4 Å². The van der Waals surface area contributed by atoms with Gasteiger partial charge in [0.15, 0.2) is 5.78 Å². The molecule has 0 bridgehead atoms. The molecule has 5 heteroatoms. The van der Waals surface area contributed by atoms with Gasteiger partial charge in [-0.1, -0.05) is 20.3 Å². The normalized spacial score (nSPS) is 41.1. The summed E-state index contributed by atoms with van der Waals surface area (Å²) in [6.07, 6.45) is 14.4. The number of hydrogen-bond acceptors (Lipinski definition) is 5. The van der Waals surface area contributed by atoms with Gasteiger partial charge in [0.1, 0.15) is 5.69 Å². The number of ketones is 1. The Bertz CT molecular complexity index is 918. The smallest absolute Gasteiger partial charge is 0.155 e. The number of nitrogens with one attached hydrogen (secondary N) is 2. The zero-order chi connectivity index (χ0) is 23.9.